The van der Waals surface area contributed by atoms with Gasteiger partial charge in [-0.25, -0.2) is 0 Å². The summed E-state index contributed by atoms with van der Waals surface area (Å²) in [5.41, 5.74) is 0. The van der Waals surface area contributed by atoms with E-state index in [1.54, 1.807) is 6.08 Å². The number of carbonyl (C=O) groups is 1. The van der Waals surface area contributed by atoms with E-state index in [1.165, 1.54) is 135 Å². The lowest BCUT2D eigenvalue weighted by atomic mass is 10.0. The van der Waals surface area contributed by atoms with Crippen LogP contribution in [0.25, 0.3) is 0 Å². The topological polar surface area (TPSA) is 89.8 Å². The molecule has 50 heavy (non-hydrogen) atoms. The van der Waals surface area contributed by atoms with Gasteiger partial charge < -0.3 is 20.6 Å². The molecule has 0 aromatic heterocycles. The molecule has 0 saturated heterocycles. The fraction of sp³-hybridized carbons (Fsp3) is 0.800. The van der Waals surface area contributed by atoms with E-state index in [9.17, 15) is 20.1 Å². The number of unbranched alkanes of at least 4 members (excludes halogenated alkanes) is 24. The Morgan fingerprint density at radius 3 is 1.34 bits per heavy atom. The molecule has 0 rings (SSSR count). The van der Waals surface area contributed by atoms with Crippen molar-refractivity contribution in [2.75, 3.05) is 6.61 Å². The summed E-state index contributed by atoms with van der Waals surface area (Å²) >= 11 is 0. The van der Waals surface area contributed by atoms with Crippen LogP contribution in [0.1, 0.15) is 206 Å². The minimum Gasteiger partial charge on any atom is -0.394 e. The summed E-state index contributed by atoms with van der Waals surface area (Å²) in [4.78, 5) is 12.4. The van der Waals surface area contributed by atoms with Crippen LogP contribution in [-0.4, -0.2) is 46.1 Å². The summed E-state index contributed by atoms with van der Waals surface area (Å²) in [5, 5.41) is 33.0. The highest BCUT2D eigenvalue weighted by Gasteiger charge is 2.22. The van der Waals surface area contributed by atoms with E-state index in [4.69, 9.17) is 0 Å². The van der Waals surface area contributed by atoms with E-state index < -0.39 is 24.2 Å². The lowest BCUT2D eigenvalue weighted by Crippen LogP contribution is -2.48. The van der Waals surface area contributed by atoms with Crippen LogP contribution in [0.3, 0.4) is 0 Å². The molecule has 0 aliphatic heterocycles. The van der Waals surface area contributed by atoms with Crippen molar-refractivity contribution in [1.29, 1.82) is 0 Å². The predicted molar refractivity (Wildman–Crippen MR) is 217 cm³/mol. The molecule has 0 saturated carbocycles. The Hall–Kier alpha value is -1.69. The highest BCUT2D eigenvalue weighted by molar-refractivity contribution is 5.80. The monoisotopic (exact) mass is 702 g/mol. The standard InChI is InChI=1S/C45H83NO4/c1-3-5-7-9-11-13-15-17-19-20-21-22-23-24-25-26-28-30-32-34-36-38-40-44(49)45(50)46-42(41-47)43(48)39-37-35-33-31-29-27-18-16-14-12-10-8-6-4-2/h21-22,24-25,29,31,37,39,42-44,47-49H,3-20,23,26-28,30,32-36,38,40-41H2,1-2H3,(H,46,50)/b22-21-,25-24-,31-29+,39-37+. The van der Waals surface area contributed by atoms with Gasteiger partial charge in [-0.3, -0.25) is 4.79 Å². The first kappa shape index (κ1) is 48.3. The minimum atomic E-state index is -1.12. The van der Waals surface area contributed by atoms with Gasteiger partial charge in [-0.2, -0.15) is 0 Å². The largest absolute Gasteiger partial charge is 0.394 e. The van der Waals surface area contributed by atoms with Crippen LogP contribution in [0.4, 0.5) is 0 Å². The smallest absolute Gasteiger partial charge is 0.249 e. The maximum Gasteiger partial charge on any atom is 0.249 e. The first-order valence-electron chi connectivity index (χ1n) is 21.5. The summed E-state index contributed by atoms with van der Waals surface area (Å²) < 4.78 is 0. The summed E-state index contributed by atoms with van der Waals surface area (Å²) in [6.45, 7) is 4.15. The molecule has 4 N–H and O–H groups in total. The maximum absolute atomic E-state index is 12.4. The van der Waals surface area contributed by atoms with E-state index in [0.29, 0.717) is 6.42 Å². The highest BCUT2D eigenvalue weighted by Crippen LogP contribution is 2.13. The van der Waals surface area contributed by atoms with Crippen molar-refractivity contribution in [3.8, 4) is 0 Å². The van der Waals surface area contributed by atoms with Crippen molar-refractivity contribution in [1.82, 2.24) is 5.32 Å². The van der Waals surface area contributed by atoms with Gasteiger partial charge in [0.15, 0.2) is 0 Å². The van der Waals surface area contributed by atoms with E-state index in [2.05, 4.69) is 55.6 Å². The normalized spacial score (nSPS) is 14.1. The fourth-order valence-corrected chi connectivity index (χ4v) is 6.23. The van der Waals surface area contributed by atoms with Gasteiger partial charge in [0, 0.05) is 0 Å². The van der Waals surface area contributed by atoms with Crippen LogP contribution in [0.15, 0.2) is 48.6 Å². The number of aliphatic hydroxyl groups excluding tert-OH is 3. The van der Waals surface area contributed by atoms with Crippen molar-refractivity contribution in [3.63, 3.8) is 0 Å². The molecule has 0 aromatic rings. The van der Waals surface area contributed by atoms with E-state index in [-0.39, 0.29) is 6.61 Å². The molecule has 3 atom stereocenters. The average Bonchev–Trinajstić information content (AvgIpc) is 3.12. The van der Waals surface area contributed by atoms with Gasteiger partial charge in [0.2, 0.25) is 5.91 Å². The van der Waals surface area contributed by atoms with Crippen molar-refractivity contribution < 1.29 is 20.1 Å². The van der Waals surface area contributed by atoms with Crippen molar-refractivity contribution >= 4 is 5.91 Å². The number of hydrogen-bond donors (Lipinski definition) is 4. The number of allylic oxidation sites excluding steroid dienone is 7. The molecule has 292 valence electrons. The second-order valence-electron chi connectivity index (χ2n) is 14.5. The summed E-state index contributed by atoms with van der Waals surface area (Å²) in [6.07, 6.45) is 51.4. The van der Waals surface area contributed by atoms with Crippen molar-refractivity contribution in [2.24, 2.45) is 0 Å². The quantitative estimate of drug-likeness (QED) is 0.0381. The van der Waals surface area contributed by atoms with Gasteiger partial charge in [0.1, 0.15) is 6.10 Å². The molecular formula is C45H83NO4. The molecule has 0 aliphatic carbocycles. The lowest BCUT2D eigenvalue weighted by molar-refractivity contribution is -0.131. The van der Waals surface area contributed by atoms with Crippen LogP contribution in [0.2, 0.25) is 0 Å². The maximum atomic E-state index is 12.4. The summed E-state index contributed by atoms with van der Waals surface area (Å²) in [5.74, 6) is -0.523. The van der Waals surface area contributed by atoms with E-state index in [1.807, 2.05) is 6.08 Å². The Balaban J connectivity index is 3.74. The van der Waals surface area contributed by atoms with Crippen LogP contribution in [0.5, 0.6) is 0 Å². The second-order valence-corrected chi connectivity index (χ2v) is 14.5. The van der Waals surface area contributed by atoms with Gasteiger partial charge in [0.05, 0.1) is 18.8 Å². The van der Waals surface area contributed by atoms with Gasteiger partial charge in [-0.1, -0.05) is 191 Å². The number of rotatable bonds is 38. The summed E-state index contributed by atoms with van der Waals surface area (Å²) in [7, 11) is 0. The lowest BCUT2D eigenvalue weighted by Gasteiger charge is -2.21. The number of carbonyl (C=O) groups excluding carboxylic acids is 1. The SMILES string of the molecule is CCCCCCCCCC/C=C/CC/C=C/C(O)C(CO)NC(=O)C(O)CCCCCCCC/C=C\C/C=C\CCCCCCCCCCC. The first-order chi connectivity index (χ1) is 24.6. The van der Waals surface area contributed by atoms with Crippen molar-refractivity contribution in [3.05, 3.63) is 48.6 Å². The Labute approximate surface area is 310 Å². The van der Waals surface area contributed by atoms with Crippen LogP contribution >= 0.6 is 0 Å². The van der Waals surface area contributed by atoms with Crippen molar-refractivity contribution in [2.45, 2.75) is 225 Å². The van der Waals surface area contributed by atoms with Gasteiger partial charge in [0.25, 0.3) is 0 Å². The Morgan fingerprint density at radius 2 is 0.880 bits per heavy atom. The highest BCUT2D eigenvalue weighted by atomic mass is 16.3. The molecule has 0 aliphatic rings. The van der Waals surface area contributed by atoms with Gasteiger partial charge in [-0.15, -0.1) is 0 Å². The molecule has 0 radical (unpaired) electrons. The number of hydrogen-bond acceptors (Lipinski definition) is 4. The average molecular weight is 702 g/mol. The van der Waals surface area contributed by atoms with Crippen LogP contribution < -0.4 is 5.32 Å². The third-order valence-electron chi connectivity index (χ3n) is 9.64. The third kappa shape index (κ3) is 34.7. The molecule has 0 spiro atoms. The summed E-state index contributed by atoms with van der Waals surface area (Å²) in [6, 6.07) is -0.819. The number of aliphatic hydroxyl groups is 3. The number of nitrogens with one attached hydrogen (secondary N) is 1. The molecule has 0 bridgehead atoms. The van der Waals surface area contributed by atoms with Gasteiger partial charge >= 0.3 is 0 Å². The molecule has 0 aromatic carbocycles. The predicted octanol–water partition coefficient (Wildman–Crippen LogP) is 12.2. The molecule has 3 unspecified atom stereocenters. The van der Waals surface area contributed by atoms with Gasteiger partial charge in [-0.05, 0) is 64.2 Å². The Morgan fingerprint density at radius 1 is 0.500 bits per heavy atom. The molecule has 5 nitrogen and oxygen atoms in total. The van der Waals surface area contributed by atoms with E-state index >= 15 is 0 Å². The number of amides is 1. The molecular weight excluding hydrogens is 618 g/mol. The van der Waals surface area contributed by atoms with Crippen LogP contribution in [0, 0.1) is 0 Å². The molecule has 5 heteroatoms. The third-order valence-corrected chi connectivity index (χ3v) is 9.64. The second kappa shape index (κ2) is 40.1. The Kier molecular flexibility index (Phi) is 38.7. The van der Waals surface area contributed by atoms with Crippen LogP contribution in [-0.2, 0) is 4.79 Å². The zero-order chi connectivity index (χ0) is 36.6. The van der Waals surface area contributed by atoms with E-state index in [0.717, 1.165) is 51.4 Å². The zero-order valence-corrected chi connectivity index (χ0v) is 33.0. The zero-order valence-electron chi connectivity index (χ0n) is 33.0. The molecule has 0 fully saturated rings. The molecule has 1 amide bonds. The Bertz CT molecular complexity index is 820. The molecule has 0 heterocycles. The fourth-order valence-electron chi connectivity index (χ4n) is 6.23. The first-order valence-corrected chi connectivity index (χ1v) is 21.5. The minimum absolute atomic E-state index is 0.381.